The Morgan fingerprint density at radius 1 is 1.32 bits per heavy atom. The molecule has 1 aromatic carbocycles. The third-order valence-electron chi connectivity index (χ3n) is 3.16. The number of nitrogens with two attached hydrogens (primary N) is 1. The fourth-order valence-electron chi connectivity index (χ4n) is 1.64. The fourth-order valence-corrected chi connectivity index (χ4v) is 1.64. The van der Waals surface area contributed by atoms with E-state index in [2.05, 4.69) is 15.3 Å². The molecule has 0 aliphatic heterocycles. The zero-order valence-corrected chi connectivity index (χ0v) is 11.1. The first kappa shape index (κ1) is 13.3. The molecule has 0 fully saturated rings. The van der Waals surface area contributed by atoms with E-state index in [1.54, 1.807) is 12.5 Å². The number of hydrogen-bond donors (Lipinski definition) is 3. The Morgan fingerprint density at radius 3 is 2.53 bits per heavy atom. The van der Waals surface area contributed by atoms with Gasteiger partial charge in [0.15, 0.2) is 0 Å². The van der Waals surface area contributed by atoms with Gasteiger partial charge >= 0.3 is 0 Å². The van der Waals surface area contributed by atoms with E-state index in [1.807, 2.05) is 38.1 Å². The highest BCUT2D eigenvalue weighted by Gasteiger charge is 2.16. The molecule has 4 N–H and O–H groups in total. The van der Waals surface area contributed by atoms with Crippen molar-refractivity contribution in [1.82, 2.24) is 9.97 Å². The first-order valence-electron chi connectivity index (χ1n) is 6.23. The van der Waals surface area contributed by atoms with E-state index in [4.69, 9.17) is 5.73 Å². The number of anilines is 1. The van der Waals surface area contributed by atoms with Crippen molar-refractivity contribution in [2.45, 2.75) is 19.9 Å². The average molecular weight is 258 g/mol. The topological polar surface area (TPSA) is 83.8 Å². The number of H-pyrrole nitrogens is 1. The molecular formula is C14H18N4O. The normalized spacial score (nSPS) is 13.8. The lowest BCUT2D eigenvalue weighted by Gasteiger charge is -2.15. The van der Waals surface area contributed by atoms with Gasteiger partial charge in [-0.3, -0.25) is 4.79 Å². The monoisotopic (exact) mass is 258 g/mol. The molecule has 100 valence electrons. The number of carbonyl (C=O) groups is 1. The Morgan fingerprint density at radius 2 is 2.00 bits per heavy atom. The number of aromatic nitrogens is 2. The van der Waals surface area contributed by atoms with Crippen LogP contribution in [0, 0.1) is 5.92 Å². The van der Waals surface area contributed by atoms with Crippen LogP contribution in [-0.2, 0) is 4.79 Å². The van der Waals surface area contributed by atoms with Crippen molar-refractivity contribution >= 4 is 11.6 Å². The number of amides is 1. The molecular weight excluding hydrogens is 240 g/mol. The van der Waals surface area contributed by atoms with Crippen LogP contribution >= 0.6 is 0 Å². The lowest BCUT2D eigenvalue weighted by atomic mass is 10.0. The molecule has 2 atom stereocenters. The predicted octanol–water partition coefficient (Wildman–Crippen LogP) is 2.00. The van der Waals surface area contributed by atoms with Crippen molar-refractivity contribution in [3.8, 4) is 11.3 Å². The van der Waals surface area contributed by atoms with E-state index in [0.29, 0.717) is 0 Å². The van der Waals surface area contributed by atoms with Crippen molar-refractivity contribution in [3.63, 3.8) is 0 Å². The zero-order valence-electron chi connectivity index (χ0n) is 11.1. The third kappa shape index (κ3) is 3.20. The van der Waals surface area contributed by atoms with Crippen molar-refractivity contribution in [1.29, 1.82) is 0 Å². The highest BCUT2D eigenvalue weighted by atomic mass is 16.1. The maximum Gasteiger partial charge on any atom is 0.228 e. The molecule has 2 rings (SSSR count). The number of benzene rings is 1. The van der Waals surface area contributed by atoms with Crippen molar-refractivity contribution in [2.75, 3.05) is 5.32 Å². The van der Waals surface area contributed by atoms with Gasteiger partial charge in [0.2, 0.25) is 5.91 Å². The van der Waals surface area contributed by atoms with Crippen LogP contribution in [0.15, 0.2) is 36.8 Å². The molecule has 19 heavy (non-hydrogen) atoms. The summed E-state index contributed by atoms with van der Waals surface area (Å²) in [6.07, 6.45) is 3.39. The number of rotatable bonds is 4. The number of nitrogens with one attached hydrogen (secondary N) is 2. The molecule has 1 amide bonds. The van der Waals surface area contributed by atoms with E-state index in [9.17, 15) is 4.79 Å². The van der Waals surface area contributed by atoms with Gasteiger partial charge in [0.05, 0.1) is 24.1 Å². The number of imidazole rings is 1. The Balaban J connectivity index is 2.05. The highest BCUT2D eigenvalue weighted by Crippen LogP contribution is 2.19. The molecule has 0 radical (unpaired) electrons. The standard InChI is InChI=1S/C14H18N4O/c1-9(10(2)15)14(19)18-12-5-3-11(4-6-12)13-7-16-8-17-13/h3-10H,15H2,1-2H3,(H,16,17)(H,18,19). The third-order valence-corrected chi connectivity index (χ3v) is 3.16. The maximum absolute atomic E-state index is 11.9. The van der Waals surface area contributed by atoms with E-state index < -0.39 is 0 Å². The second-order valence-electron chi connectivity index (χ2n) is 4.68. The van der Waals surface area contributed by atoms with E-state index in [1.165, 1.54) is 0 Å². The van der Waals surface area contributed by atoms with Crippen LogP contribution in [0.3, 0.4) is 0 Å². The van der Waals surface area contributed by atoms with Crippen LogP contribution in [-0.4, -0.2) is 21.9 Å². The first-order valence-corrected chi connectivity index (χ1v) is 6.23. The number of aromatic amines is 1. The molecule has 0 aliphatic carbocycles. The molecule has 0 bridgehead atoms. The lowest BCUT2D eigenvalue weighted by Crippen LogP contribution is -2.34. The summed E-state index contributed by atoms with van der Waals surface area (Å²) in [5, 5.41) is 2.85. The van der Waals surface area contributed by atoms with Gasteiger partial charge < -0.3 is 16.0 Å². The second-order valence-corrected chi connectivity index (χ2v) is 4.68. The predicted molar refractivity (Wildman–Crippen MR) is 75.5 cm³/mol. The molecule has 2 unspecified atom stereocenters. The quantitative estimate of drug-likeness (QED) is 0.784. The molecule has 5 nitrogen and oxygen atoms in total. The summed E-state index contributed by atoms with van der Waals surface area (Å²) >= 11 is 0. The average Bonchev–Trinajstić information content (AvgIpc) is 2.92. The van der Waals surface area contributed by atoms with Crippen LogP contribution in [0.5, 0.6) is 0 Å². The number of hydrogen-bond acceptors (Lipinski definition) is 3. The smallest absolute Gasteiger partial charge is 0.228 e. The summed E-state index contributed by atoms with van der Waals surface area (Å²) in [7, 11) is 0. The van der Waals surface area contributed by atoms with Gasteiger partial charge in [0.25, 0.3) is 0 Å². The molecule has 0 saturated heterocycles. The van der Waals surface area contributed by atoms with Gasteiger partial charge in [0, 0.05) is 11.7 Å². The highest BCUT2D eigenvalue weighted by molar-refractivity contribution is 5.92. The van der Waals surface area contributed by atoms with Gasteiger partial charge in [-0.15, -0.1) is 0 Å². The summed E-state index contributed by atoms with van der Waals surface area (Å²) in [4.78, 5) is 18.9. The molecule has 0 saturated carbocycles. The van der Waals surface area contributed by atoms with E-state index >= 15 is 0 Å². The van der Waals surface area contributed by atoms with Crippen molar-refractivity contribution < 1.29 is 4.79 Å². The Kier molecular flexibility index (Phi) is 3.97. The first-order chi connectivity index (χ1) is 9.08. The van der Waals surface area contributed by atoms with E-state index in [0.717, 1.165) is 16.9 Å². The van der Waals surface area contributed by atoms with Crippen LogP contribution in [0.2, 0.25) is 0 Å². The summed E-state index contributed by atoms with van der Waals surface area (Å²) < 4.78 is 0. The molecule has 5 heteroatoms. The SMILES string of the molecule is CC(N)C(C)C(=O)Nc1ccc(-c2cnc[nH]2)cc1. The maximum atomic E-state index is 11.9. The van der Waals surface area contributed by atoms with Crippen LogP contribution in [0.25, 0.3) is 11.3 Å². The number of carbonyl (C=O) groups excluding carboxylic acids is 1. The van der Waals surface area contributed by atoms with Crippen LogP contribution < -0.4 is 11.1 Å². The summed E-state index contributed by atoms with van der Waals surface area (Å²) in [5.41, 5.74) is 8.44. The molecule has 2 aromatic rings. The Labute approximate surface area is 112 Å². The minimum atomic E-state index is -0.215. The Hall–Kier alpha value is -2.14. The largest absolute Gasteiger partial charge is 0.345 e. The second kappa shape index (κ2) is 5.67. The van der Waals surface area contributed by atoms with Gasteiger partial charge in [0.1, 0.15) is 0 Å². The van der Waals surface area contributed by atoms with Gasteiger partial charge in [-0.25, -0.2) is 4.98 Å². The van der Waals surface area contributed by atoms with Crippen molar-refractivity contribution in [2.24, 2.45) is 11.7 Å². The number of nitrogens with zero attached hydrogens (tertiary/aromatic N) is 1. The molecule has 0 spiro atoms. The van der Waals surface area contributed by atoms with Gasteiger partial charge in [-0.1, -0.05) is 19.1 Å². The van der Waals surface area contributed by atoms with Crippen LogP contribution in [0.1, 0.15) is 13.8 Å². The molecule has 1 aromatic heterocycles. The zero-order chi connectivity index (χ0) is 13.8. The van der Waals surface area contributed by atoms with Gasteiger partial charge in [-0.2, -0.15) is 0 Å². The Bertz CT molecular complexity index is 531. The molecule has 1 heterocycles. The summed E-state index contributed by atoms with van der Waals surface area (Å²) in [6, 6.07) is 7.42. The lowest BCUT2D eigenvalue weighted by molar-refractivity contribution is -0.119. The van der Waals surface area contributed by atoms with Crippen LogP contribution in [0.4, 0.5) is 5.69 Å². The minimum Gasteiger partial charge on any atom is -0.345 e. The van der Waals surface area contributed by atoms with Crippen molar-refractivity contribution in [3.05, 3.63) is 36.8 Å². The summed E-state index contributed by atoms with van der Waals surface area (Å²) in [6.45, 7) is 3.64. The van der Waals surface area contributed by atoms with E-state index in [-0.39, 0.29) is 17.9 Å². The summed E-state index contributed by atoms with van der Waals surface area (Å²) in [5.74, 6) is -0.281. The fraction of sp³-hybridized carbons (Fsp3) is 0.286. The minimum absolute atomic E-state index is 0.0655. The van der Waals surface area contributed by atoms with Gasteiger partial charge in [-0.05, 0) is 24.6 Å². The molecule has 0 aliphatic rings.